The molecular weight excluding hydrogens is 164 g/mol. The van der Waals surface area contributed by atoms with Crippen LogP contribution in [0.25, 0.3) is 0 Å². The number of hydrogen-bond donors (Lipinski definition) is 2. The van der Waals surface area contributed by atoms with Crippen molar-refractivity contribution in [3.8, 4) is 0 Å². The Morgan fingerprint density at radius 1 is 1.55 bits per heavy atom. The highest BCUT2D eigenvalue weighted by atomic mass is 35.5. The van der Waals surface area contributed by atoms with E-state index < -0.39 is 0 Å². The van der Waals surface area contributed by atoms with Gasteiger partial charge in [0.1, 0.15) is 0 Å². The van der Waals surface area contributed by atoms with E-state index in [1.807, 2.05) is 6.92 Å². The molecule has 0 aliphatic heterocycles. The number of carbonyl (C=O) groups is 1. The van der Waals surface area contributed by atoms with Crippen LogP contribution < -0.4 is 10.6 Å². The van der Waals surface area contributed by atoms with E-state index in [0.29, 0.717) is 24.7 Å². The average Bonchev–Trinajstić information content (AvgIpc) is 1.87. The molecule has 2 N–H and O–H groups in total. The lowest BCUT2D eigenvalue weighted by Crippen LogP contribution is -2.34. The summed E-state index contributed by atoms with van der Waals surface area (Å²) in [5, 5.41) is 5.98. The Hall–Kier alpha value is -0.540. The van der Waals surface area contributed by atoms with Crippen molar-refractivity contribution in [2.24, 2.45) is 0 Å². The molecule has 0 bridgehead atoms. The zero-order chi connectivity index (χ0) is 8.69. The minimum absolute atomic E-state index is 0.0228. The first kappa shape index (κ1) is 10.5. The predicted molar refractivity (Wildman–Crippen MR) is 46.5 cm³/mol. The monoisotopic (exact) mass is 176 g/mol. The van der Waals surface area contributed by atoms with Crippen LogP contribution in [0, 0.1) is 0 Å². The van der Waals surface area contributed by atoms with Crippen molar-refractivity contribution < 1.29 is 4.79 Å². The lowest BCUT2D eigenvalue weighted by Gasteiger charge is -2.02. The van der Waals surface area contributed by atoms with Crippen LogP contribution >= 0.6 is 11.6 Å². The Labute approximate surface area is 71.8 Å². The summed E-state index contributed by atoms with van der Waals surface area (Å²) in [6.07, 6.45) is 0. The van der Waals surface area contributed by atoms with E-state index >= 15 is 0 Å². The zero-order valence-electron chi connectivity index (χ0n) is 6.61. The first-order chi connectivity index (χ1) is 5.16. The van der Waals surface area contributed by atoms with Gasteiger partial charge in [-0.15, -0.1) is 0 Å². The Kier molecular flexibility index (Phi) is 5.88. The second kappa shape index (κ2) is 6.19. The fourth-order valence-corrected chi connectivity index (χ4v) is 0.666. The zero-order valence-corrected chi connectivity index (χ0v) is 7.37. The van der Waals surface area contributed by atoms with Crippen LogP contribution in [0.15, 0.2) is 11.6 Å². The Bertz CT molecular complexity index is 147. The number of hydrogen-bond acceptors (Lipinski definition) is 2. The summed E-state index contributed by atoms with van der Waals surface area (Å²) in [5.74, 6) is -0.0228. The van der Waals surface area contributed by atoms with Crippen LogP contribution in [0.2, 0.25) is 0 Å². The molecule has 64 valence electrons. The molecule has 0 heterocycles. The summed E-state index contributed by atoms with van der Waals surface area (Å²) in [5.41, 5.74) is 0. The van der Waals surface area contributed by atoms with Crippen molar-refractivity contribution >= 4 is 17.5 Å². The average molecular weight is 177 g/mol. The van der Waals surface area contributed by atoms with Crippen LogP contribution in [0.1, 0.15) is 6.92 Å². The maximum absolute atomic E-state index is 10.8. The summed E-state index contributed by atoms with van der Waals surface area (Å²) in [7, 11) is 0. The number of carbonyl (C=O) groups excluding carboxylic acids is 1. The number of halogens is 1. The van der Waals surface area contributed by atoms with Crippen LogP contribution in [0.3, 0.4) is 0 Å². The van der Waals surface area contributed by atoms with Crippen molar-refractivity contribution in [2.45, 2.75) is 6.92 Å². The summed E-state index contributed by atoms with van der Waals surface area (Å²) in [6, 6.07) is 0. The van der Waals surface area contributed by atoms with Crippen LogP contribution in [-0.4, -0.2) is 25.5 Å². The fourth-order valence-electron chi connectivity index (χ4n) is 0.571. The molecule has 0 aromatic carbocycles. The van der Waals surface area contributed by atoms with Gasteiger partial charge in [-0.1, -0.05) is 18.2 Å². The molecule has 11 heavy (non-hydrogen) atoms. The van der Waals surface area contributed by atoms with Gasteiger partial charge in [0, 0.05) is 18.1 Å². The van der Waals surface area contributed by atoms with Gasteiger partial charge < -0.3 is 10.6 Å². The van der Waals surface area contributed by atoms with Gasteiger partial charge in [0.15, 0.2) is 0 Å². The Morgan fingerprint density at radius 3 is 2.64 bits per heavy atom. The molecule has 0 aliphatic rings. The third-order valence-corrected chi connectivity index (χ3v) is 1.11. The molecule has 0 rings (SSSR count). The van der Waals surface area contributed by atoms with E-state index in [4.69, 9.17) is 11.6 Å². The van der Waals surface area contributed by atoms with Gasteiger partial charge in [0.05, 0.1) is 6.54 Å². The molecule has 0 unspecified atom stereocenters. The number of amides is 1. The second-order valence-corrected chi connectivity index (χ2v) is 2.61. The maximum Gasteiger partial charge on any atom is 0.233 e. The first-order valence-corrected chi connectivity index (χ1v) is 3.85. The van der Waals surface area contributed by atoms with E-state index in [-0.39, 0.29) is 5.91 Å². The van der Waals surface area contributed by atoms with E-state index in [2.05, 4.69) is 17.2 Å². The van der Waals surface area contributed by atoms with E-state index in [1.54, 1.807) is 0 Å². The van der Waals surface area contributed by atoms with Crippen molar-refractivity contribution in [1.82, 2.24) is 10.6 Å². The minimum Gasteiger partial charge on any atom is -0.355 e. The largest absolute Gasteiger partial charge is 0.355 e. The SMILES string of the molecule is C=C(Cl)CNCC(=O)NCC. The highest BCUT2D eigenvalue weighted by Gasteiger charge is 1.96. The van der Waals surface area contributed by atoms with Crippen LogP contribution in [0.5, 0.6) is 0 Å². The molecular formula is C7H13ClN2O. The standard InChI is InChI=1S/C7H13ClN2O/c1-3-10-7(11)5-9-4-6(2)8/h9H,2-5H2,1H3,(H,10,11). The molecule has 0 spiro atoms. The molecule has 3 nitrogen and oxygen atoms in total. The van der Waals surface area contributed by atoms with Gasteiger partial charge in [-0.25, -0.2) is 0 Å². The van der Waals surface area contributed by atoms with Crippen LogP contribution in [-0.2, 0) is 4.79 Å². The molecule has 0 aromatic rings. The molecule has 1 amide bonds. The Morgan fingerprint density at radius 2 is 2.18 bits per heavy atom. The van der Waals surface area contributed by atoms with Crippen molar-refractivity contribution in [3.05, 3.63) is 11.6 Å². The third-order valence-electron chi connectivity index (χ3n) is 0.976. The smallest absolute Gasteiger partial charge is 0.233 e. The predicted octanol–water partition coefficient (Wildman–Crippen LogP) is 0.465. The molecule has 0 aliphatic carbocycles. The Balaban J connectivity index is 3.24. The normalized spacial score (nSPS) is 9.27. The van der Waals surface area contributed by atoms with Crippen LogP contribution in [0.4, 0.5) is 0 Å². The second-order valence-electron chi connectivity index (χ2n) is 2.07. The molecule has 0 atom stereocenters. The van der Waals surface area contributed by atoms with E-state index in [0.717, 1.165) is 0 Å². The van der Waals surface area contributed by atoms with Crippen molar-refractivity contribution in [2.75, 3.05) is 19.6 Å². The number of likely N-dealkylation sites (N-methyl/N-ethyl adjacent to an activating group) is 1. The molecule has 0 fully saturated rings. The third kappa shape index (κ3) is 7.36. The van der Waals surface area contributed by atoms with Gasteiger partial charge in [-0.3, -0.25) is 4.79 Å². The fraction of sp³-hybridized carbons (Fsp3) is 0.571. The lowest BCUT2D eigenvalue weighted by molar-refractivity contribution is -0.120. The quantitative estimate of drug-likeness (QED) is 0.639. The minimum atomic E-state index is -0.0228. The first-order valence-electron chi connectivity index (χ1n) is 3.47. The van der Waals surface area contributed by atoms with Crippen molar-refractivity contribution in [1.29, 1.82) is 0 Å². The molecule has 0 saturated carbocycles. The van der Waals surface area contributed by atoms with Gasteiger partial charge in [0.25, 0.3) is 0 Å². The topological polar surface area (TPSA) is 41.1 Å². The summed E-state index contributed by atoms with van der Waals surface area (Å²) in [4.78, 5) is 10.8. The number of rotatable bonds is 5. The summed E-state index contributed by atoms with van der Waals surface area (Å²) >= 11 is 5.45. The maximum atomic E-state index is 10.8. The lowest BCUT2D eigenvalue weighted by atomic mass is 10.5. The summed E-state index contributed by atoms with van der Waals surface area (Å²) < 4.78 is 0. The summed E-state index contributed by atoms with van der Waals surface area (Å²) in [6.45, 7) is 6.76. The van der Waals surface area contributed by atoms with E-state index in [9.17, 15) is 4.79 Å². The van der Waals surface area contributed by atoms with Crippen molar-refractivity contribution in [3.63, 3.8) is 0 Å². The van der Waals surface area contributed by atoms with Gasteiger partial charge in [-0.05, 0) is 6.92 Å². The highest BCUT2D eigenvalue weighted by molar-refractivity contribution is 6.29. The van der Waals surface area contributed by atoms with Gasteiger partial charge >= 0.3 is 0 Å². The van der Waals surface area contributed by atoms with Gasteiger partial charge in [0.2, 0.25) is 5.91 Å². The highest BCUT2D eigenvalue weighted by Crippen LogP contribution is 1.90. The molecule has 0 radical (unpaired) electrons. The van der Waals surface area contributed by atoms with Gasteiger partial charge in [-0.2, -0.15) is 0 Å². The molecule has 0 aromatic heterocycles. The molecule has 0 saturated heterocycles. The number of nitrogens with one attached hydrogen (secondary N) is 2. The molecule has 4 heteroatoms. The van der Waals surface area contributed by atoms with E-state index in [1.165, 1.54) is 0 Å².